The molecule has 7 heteroatoms. The molecule has 1 amide bonds. The van der Waals surface area contributed by atoms with Crippen molar-refractivity contribution in [1.82, 2.24) is 0 Å². The van der Waals surface area contributed by atoms with E-state index in [1.165, 1.54) is 36.4 Å². The Bertz CT molecular complexity index is 867. The van der Waals surface area contributed by atoms with Crippen molar-refractivity contribution in [2.45, 2.75) is 4.90 Å². The Morgan fingerprint density at radius 1 is 1.14 bits per heavy atom. The lowest BCUT2D eigenvalue weighted by Gasteiger charge is -2.09. The van der Waals surface area contributed by atoms with E-state index in [0.29, 0.717) is 16.7 Å². The SMILES string of the molecule is N#Cc1ccc(C(N)=O)c(-c2cccc(S(N)(=O)=O)c2)c1. The van der Waals surface area contributed by atoms with Gasteiger partial charge < -0.3 is 5.73 Å². The van der Waals surface area contributed by atoms with Crippen LogP contribution in [0.4, 0.5) is 0 Å². The predicted molar refractivity (Wildman–Crippen MR) is 76.5 cm³/mol. The Labute approximate surface area is 121 Å². The van der Waals surface area contributed by atoms with Crippen LogP contribution in [0.2, 0.25) is 0 Å². The fourth-order valence-corrected chi connectivity index (χ4v) is 2.47. The Morgan fingerprint density at radius 2 is 1.86 bits per heavy atom. The number of amides is 1. The van der Waals surface area contributed by atoms with Crippen LogP contribution in [-0.4, -0.2) is 14.3 Å². The third-order valence-corrected chi connectivity index (χ3v) is 3.80. The molecule has 0 fully saturated rings. The van der Waals surface area contributed by atoms with Gasteiger partial charge in [-0.25, -0.2) is 13.6 Å². The molecule has 0 heterocycles. The summed E-state index contributed by atoms with van der Waals surface area (Å²) in [5, 5.41) is 14.0. The smallest absolute Gasteiger partial charge is 0.249 e. The van der Waals surface area contributed by atoms with E-state index in [0.717, 1.165) is 0 Å². The van der Waals surface area contributed by atoms with Gasteiger partial charge in [-0.2, -0.15) is 5.26 Å². The van der Waals surface area contributed by atoms with Crippen LogP contribution in [0, 0.1) is 11.3 Å². The zero-order valence-corrected chi connectivity index (χ0v) is 11.6. The van der Waals surface area contributed by atoms with Crippen molar-refractivity contribution in [3.05, 3.63) is 53.6 Å². The van der Waals surface area contributed by atoms with Crippen molar-refractivity contribution in [1.29, 1.82) is 5.26 Å². The van der Waals surface area contributed by atoms with Crippen LogP contribution in [0.1, 0.15) is 15.9 Å². The lowest BCUT2D eigenvalue weighted by atomic mass is 9.97. The molecule has 4 N–H and O–H groups in total. The van der Waals surface area contributed by atoms with Crippen molar-refractivity contribution in [2.24, 2.45) is 10.9 Å². The van der Waals surface area contributed by atoms with Crippen molar-refractivity contribution < 1.29 is 13.2 Å². The molecule has 0 aliphatic carbocycles. The summed E-state index contributed by atoms with van der Waals surface area (Å²) in [6.45, 7) is 0. The summed E-state index contributed by atoms with van der Waals surface area (Å²) in [5.74, 6) is -0.671. The lowest BCUT2D eigenvalue weighted by Crippen LogP contribution is -2.13. The fourth-order valence-electron chi connectivity index (χ4n) is 1.91. The molecule has 0 aliphatic heterocycles. The van der Waals surface area contributed by atoms with Gasteiger partial charge in [0.25, 0.3) is 0 Å². The van der Waals surface area contributed by atoms with Gasteiger partial charge in [-0.1, -0.05) is 12.1 Å². The van der Waals surface area contributed by atoms with Crippen molar-refractivity contribution in [3.63, 3.8) is 0 Å². The maximum absolute atomic E-state index is 11.5. The highest BCUT2D eigenvalue weighted by Gasteiger charge is 2.14. The number of nitrogens with two attached hydrogens (primary N) is 2. The van der Waals surface area contributed by atoms with Crippen molar-refractivity contribution in [3.8, 4) is 17.2 Å². The molecule has 2 aromatic carbocycles. The summed E-state index contributed by atoms with van der Waals surface area (Å²) in [7, 11) is -3.86. The quantitative estimate of drug-likeness (QED) is 0.875. The van der Waals surface area contributed by atoms with Gasteiger partial charge in [0.2, 0.25) is 15.9 Å². The van der Waals surface area contributed by atoms with Gasteiger partial charge in [-0.15, -0.1) is 0 Å². The van der Waals surface area contributed by atoms with Gasteiger partial charge in [-0.3, -0.25) is 4.79 Å². The molecule has 0 saturated carbocycles. The maximum atomic E-state index is 11.5. The molecule has 0 saturated heterocycles. The zero-order chi connectivity index (χ0) is 15.6. The summed E-state index contributed by atoms with van der Waals surface area (Å²) in [4.78, 5) is 11.4. The number of primary sulfonamides is 1. The number of nitriles is 1. The maximum Gasteiger partial charge on any atom is 0.249 e. The minimum absolute atomic E-state index is 0.0854. The molecule has 0 aliphatic rings. The average molecular weight is 301 g/mol. The number of primary amides is 1. The number of carbonyl (C=O) groups is 1. The van der Waals surface area contributed by atoms with Crippen LogP contribution < -0.4 is 10.9 Å². The van der Waals surface area contributed by atoms with E-state index in [-0.39, 0.29) is 10.5 Å². The largest absolute Gasteiger partial charge is 0.366 e. The van der Waals surface area contributed by atoms with Crippen LogP contribution in [0.5, 0.6) is 0 Å². The third kappa shape index (κ3) is 3.08. The van der Waals surface area contributed by atoms with E-state index in [1.807, 2.05) is 6.07 Å². The molecule has 21 heavy (non-hydrogen) atoms. The highest BCUT2D eigenvalue weighted by atomic mass is 32.2. The standard InChI is InChI=1S/C14H11N3O3S/c15-8-9-4-5-12(14(16)18)13(6-9)10-2-1-3-11(7-10)21(17,19)20/h1-7H,(H2,16,18)(H2,17,19,20). The minimum atomic E-state index is -3.86. The molecular weight excluding hydrogens is 290 g/mol. The normalized spacial score (nSPS) is 10.9. The van der Waals surface area contributed by atoms with Gasteiger partial charge >= 0.3 is 0 Å². The van der Waals surface area contributed by atoms with E-state index in [2.05, 4.69) is 0 Å². The molecule has 0 aromatic heterocycles. The number of hydrogen-bond acceptors (Lipinski definition) is 4. The van der Waals surface area contributed by atoms with Crippen LogP contribution in [0.25, 0.3) is 11.1 Å². The monoisotopic (exact) mass is 301 g/mol. The second kappa shape index (κ2) is 5.36. The molecule has 0 radical (unpaired) electrons. The molecule has 106 valence electrons. The van der Waals surface area contributed by atoms with E-state index >= 15 is 0 Å². The highest BCUT2D eigenvalue weighted by Crippen LogP contribution is 2.26. The van der Waals surface area contributed by atoms with Crippen LogP contribution >= 0.6 is 0 Å². The van der Waals surface area contributed by atoms with E-state index < -0.39 is 15.9 Å². The predicted octanol–water partition coefficient (Wildman–Crippen LogP) is 0.972. The Balaban J connectivity index is 2.72. The Kier molecular flexibility index (Phi) is 3.76. The average Bonchev–Trinajstić information content (AvgIpc) is 2.45. The zero-order valence-electron chi connectivity index (χ0n) is 10.8. The number of nitrogens with zero attached hydrogens (tertiary/aromatic N) is 1. The fraction of sp³-hybridized carbons (Fsp3) is 0. The van der Waals surface area contributed by atoms with Gasteiger partial charge in [0.15, 0.2) is 0 Å². The Morgan fingerprint density at radius 3 is 2.43 bits per heavy atom. The first kappa shape index (κ1) is 14.7. The molecule has 2 rings (SSSR count). The van der Waals surface area contributed by atoms with Crippen molar-refractivity contribution in [2.75, 3.05) is 0 Å². The summed E-state index contributed by atoms with van der Waals surface area (Å²) in [6, 6.07) is 12.1. The highest BCUT2D eigenvalue weighted by molar-refractivity contribution is 7.89. The topological polar surface area (TPSA) is 127 Å². The minimum Gasteiger partial charge on any atom is -0.366 e. The van der Waals surface area contributed by atoms with Gasteiger partial charge in [0, 0.05) is 5.56 Å². The molecule has 0 spiro atoms. The molecule has 0 unspecified atom stereocenters. The molecule has 0 bridgehead atoms. The second-order valence-corrected chi connectivity index (χ2v) is 5.87. The number of rotatable bonds is 3. The first-order valence-electron chi connectivity index (χ1n) is 5.80. The van der Waals surface area contributed by atoms with E-state index in [4.69, 9.17) is 16.1 Å². The van der Waals surface area contributed by atoms with Crippen LogP contribution in [-0.2, 0) is 10.0 Å². The lowest BCUT2D eigenvalue weighted by molar-refractivity contribution is 0.100. The number of carbonyl (C=O) groups excluding carboxylic acids is 1. The molecule has 2 aromatic rings. The molecular formula is C14H11N3O3S. The summed E-state index contributed by atoms with van der Waals surface area (Å²) >= 11 is 0. The van der Waals surface area contributed by atoms with Crippen LogP contribution in [0.15, 0.2) is 47.4 Å². The molecule has 0 atom stereocenters. The van der Waals surface area contributed by atoms with Gasteiger partial charge in [0.1, 0.15) is 0 Å². The van der Waals surface area contributed by atoms with Gasteiger partial charge in [0.05, 0.1) is 16.5 Å². The van der Waals surface area contributed by atoms with Crippen molar-refractivity contribution >= 4 is 15.9 Å². The summed E-state index contributed by atoms with van der Waals surface area (Å²) in [6.07, 6.45) is 0. The summed E-state index contributed by atoms with van der Waals surface area (Å²) in [5.41, 5.74) is 6.65. The second-order valence-electron chi connectivity index (χ2n) is 4.31. The van der Waals surface area contributed by atoms with Gasteiger partial charge in [-0.05, 0) is 41.5 Å². The number of hydrogen-bond donors (Lipinski definition) is 2. The van der Waals surface area contributed by atoms with E-state index in [9.17, 15) is 13.2 Å². The Hall–Kier alpha value is -2.69. The number of sulfonamides is 1. The number of benzene rings is 2. The summed E-state index contributed by atoms with van der Waals surface area (Å²) < 4.78 is 22.8. The first-order valence-corrected chi connectivity index (χ1v) is 7.35. The van der Waals surface area contributed by atoms with Crippen LogP contribution in [0.3, 0.4) is 0 Å². The first-order chi connectivity index (χ1) is 9.82. The third-order valence-electron chi connectivity index (χ3n) is 2.89. The van der Waals surface area contributed by atoms with E-state index in [1.54, 1.807) is 6.07 Å². The molecule has 6 nitrogen and oxygen atoms in total.